The van der Waals surface area contributed by atoms with Gasteiger partial charge in [-0.3, -0.25) is 4.79 Å². The van der Waals surface area contributed by atoms with Crippen LogP contribution in [0.4, 0.5) is 10.1 Å². The van der Waals surface area contributed by atoms with Gasteiger partial charge in [-0.05, 0) is 24.6 Å². The third-order valence-electron chi connectivity index (χ3n) is 3.31. The summed E-state index contributed by atoms with van der Waals surface area (Å²) in [6.45, 7) is 2.03. The lowest BCUT2D eigenvalue weighted by molar-refractivity contribution is 0.0673. The number of nitrogens with zero attached hydrogens (tertiary/aromatic N) is 2. The van der Waals surface area contributed by atoms with Crippen molar-refractivity contribution in [3.05, 3.63) is 29.6 Å². The van der Waals surface area contributed by atoms with Crippen LogP contribution in [0.2, 0.25) is 0 Å². The Morgan fingerprint density at radius 2 is 1.82 bits per heavy atom. The SMILES string of the molecule is COCCCN(CCOC)C(=O)c1ccc(N(C)C)c(F)c1. The summed E-state index contributed by atoms with van der Waals surface area (Å²) >= 11 is 0. The van der Waals surface area contributed by atoms with E-state index in [0.29, 0.717) is 37.6 Å². The van der Waals surface area contributed by atoms with Gasteiger partial charge in [0.25, 0.3) is 5.91 Å². The minimum Gasteiger partial charge on any atom is -0.385 e. The van der Waals surface area contributed by atoms with Crippen LogP contribution in [0.1, 0.15) is 16.8 Å². The number of benzene rings is 1. The summed E-state index contributed by atoms with van der Waals surface area (Å²) in [4.78, 5) is 15.9. The molecule has 0 aliphatic rings. The molecule has 0 heterocycles. The molecule has 0 saturated heterocycles. The van der Waals surface area contributed by atoms with E-state index in [2.05, 4.69) is 0 Å². The molecule has 0 bridgehead atoms. The van der Waals surface area contributed by atoms with Gasteiger partial charge in [0.1, 0.15) is 5.82 Å². The first kappa shape index (κ1) is 18.4. The first-order chi connectivity index (χ1) is 10.5. The van der Waals surface area contributed by atoms with E-state index in [-0.39, 0.29) is 5.91 Å². The van der Waals surface area contributed by atoms with Crippen LogP contribution in [-0.4, -0.2) is 65.4 Å². The van der Waals surface area contributed by atoms with Gasteiger partial charge in [0.05, 0.1) is 12.3 Å². The van der Waals surface area contributed by atoms with Crippen molar-refractivity contribution in [2.45, 2.75) is 6.42 Å². The molecule has 0 N–H and O–H groups in total. The molecule has 1 aromatic carbocycles. The number of halogens is 1. The molecule has 0 fully saturated rings. The van der Waals surface area contributed by atoms with E-state index in [9.17, 15) is 9.18 Å². The van der Waals surface area contributed by atoms with Crippen molar-refractivity contribution in [1.82, 2.24) is 4.90 Å². The normalized spacial score (nSPS) is 10.6. The minimum absolute atomic E-state index is 0.197. The third-order valence-corrected chi connectivity index (χ3v) is 3.31. The van der Waals surface area contributed by atoms with Gasteiger partial charge in [-0.1, -0.05) is 0 Å². The third kappa shape index (κ3) is 5.27. The second-order valence-electron chi connectivity index (χ2n) is 5.19. The molecule has 1 aromatic rings. The van der Waals surface area contributed by atoms with Gasteiger partial charge in [0.15, 0.2) is 0 Å². The Kier molecular flexibility index (Phi) is 7.84. The Morgan fingerprint density at radius 1 is 1.14 bits per heavy atom. The fraction of sp³-hybridized carbons (Fsp3) is 0.562. The maximum atomic E-state index is 14.0. The standard InChI is InChI=1S/C16H25FN2O3/c1-18(2)15-7-6-13(12-14(15)17)16(20)19(9-11-22-4)8-5-10-21-3/h6-7,12H,5,8-11H2,1-4H3. The summed E-state index contributed by atoms with van der Waals surface area (Å²) in [6.07, 6.45) is 0.726. The van der Waals surface area contributed by atoms with Crippen LogP contribution < -0.4 is 4.90 Å². The molecule has 0 radical (unpaired) electrons. The number of rotatable bonds is 9. The average molecular weight is 312 g/mol. The Morgan fingerprint density at radius 3 is 2.36 bits per heavy atom. The van der Waals surface area contributed by atoms with Crippen LogP contribution >= 0.6 is 0 Å². The zero-order chi connectivity index (χ0) is 16.5. The highest BCUT2D eigenvalue weighted by molar-refractivity contribution is 5.94. The summed E-state index contributed by atoms with van der Waals surface area (Å²) in [7, 11) is 6.73. The summed E-state index contributed by atoms with van der Waals surface area (Å²) in [6, 6.07) is 4.55. The van der Waals surface area contributed by atoms with E-state index in [1.54, 1.807) is 50.2 Å². The largest absolute Gasteiger partial charge is 0.385 e. The molecule has 1 rings (SSSR count). The zero-order valence-corrected chi connectivity index (χ0v) is 13.8. The van der Waals surface area contributed by atoms with Crippen molar-refractivity contribution < 1.29 is 18.7 Å². The van der Waals surface area contributed by atoms with E-state index < -0.39 is 5.82 Å². The molecule has 5 nitrogen and oxygen atoms in total. The molecule has 0 atom stereocenters. The van der Waals surface area contributed by atoms with Crippen molar-refractivity contribution in [2.75, 3.05) is 59.5 Å². The van der Waals surface area contributed by atoms with E-state index in [4.69, 9.17) is 9.47 Å². The molecule has 1 amide bonds. The van der Waals surface area contributed by atoms with Crippen LogP contribution in [-0.2, 0) is 9.47 Å². The second-order valence-corrected chi connectivity index (χ2v) is 5.19. The van der Waals surface area contributed by atoms with Crippen LogP contribution in [0.25, 0.3) is 0 Å². The number of hydrogen-bond acceptors (Lipinski definition) is 4. The number of amides is 1. The summed E-state index contributed by atoms with van der Waals surface area (Å²) in [5, 5.41) is 0. The number of carbonyl (C=O) groups is 1. The molecule has 0 saturated carbocycles. The van der Waals surface area contributed by atoms with Gasteiger partial charge < -0.3 is 19.3 Å². The van der Waals surface area contributed by atoms with E-state index in [0.717, 1.165) is 6.42 Å². The Balaban J connectivity index is 2.85. The quantitative estimate of drug-likeness (QED) is 0.654. The predicted molar refractivity (Wildman–Crippen MR) is 85.0 cm³/mol. The molecule has 0 unspecified atom stereocenters. The molecule has 0 spiro atoms. The molecule has 124 valence electrons. The fourth-order valence-electron chi connectivity index (χ4n) is 2.10. The Bertz CT molecular complexity index is 480. The number of anilines is 1. The fourth-order valence-corrected chi connectivity index (χ4v) is 2.10. The molecule has 0 aliphatic heterocycles. The molecule has 22 heavy (non-hydrogen) atoms. The predicted octanol–water partition coefficient (Wildman–Crippen LogP) is 2.02. The Hall–Kier alpha value is -1.66. The average Bonchev–Trinajstić information content (AvgIpc) is 2.49. The Labute approximate surface area is 131 Å². The van der Waals surface area contributed by atoms with Crippen LogP contribution in [0.5, 0.6) is 0 Å². The first-order valence-corrected chi connectivity index (χ1v) is 7.25. The van der Waals surface area contributed by atoms with Gasteiger partial charge in [-0.15, -0.1) is 0 Å². The van der Waals surface area contributed by atoms with Crippen molar-refractivity contribution in [1.29, 1.82) is 0 Å². The second kappa shape index (κ2) is 9.38. The monoisotopic (exact) mass is 312 g/mol. The summed E-state index contributed by atoms with van der Waals surface area (Å²) in [5.41, 5.74) is 0.802. The van der Waals surface area contributed by atoms with E-state index >= 15 is 0 Å². The molecule has 0 aromatic heterocycles. The minimum atomic E-state index is -0.403. The first-order valence-electron chi connectivity index (χ1n) is 7.25. The topological polar surface area (TPSA) is 42.0 Å². The zero-order valence-electron chi connectivity index (χ0n) is 13.8. The smallest absolute Gasteiger partial charge is 0.254 e. The van der Waals surface area contributed by atoms with E-state index in [1.165, 1.54) is 6.07 Å². The van der Waals surface area contributed by atoms with Gasteiger partial charge in [-0.25, -0.2) is 4.39 Å². The van der Waals surface area contributed by atoms with Gasteiger partial charge in [-0.2, -0.15) is 0 Å². The molecular weight excluding hydrogens is 287 g/mol. The summed E-state index contributed by atoms with van der Waals surface area (Å²) < 4.78 is 24.1. The number of hydrogen-bond donors (Lipinski definition) is 0. The lowest BCUT2D eigenvalue weighted by Gasteiger charge is -2.23. The lowest BCUT2D eigenvalue weighted by Crippen LogP contribution is -2.35. The van der Waals surface area contributed by atoms with Crippen LogP contribution in [0.3, 0.4) is 0 Å². The maximum absolute atomic E-state index is 14.0. The van der Waals surface area contributed by atoms with Gasteiger partial charge in [0.2, 0.25) is 0 Å². The van der Waals surface area contributed by atoms with Crippen molar-refractivity contribution in [2.24, 2.45) is 0 Å². The number of ether oxygens (including phenoxy) is 2. The highest BCUT2D eigenvalue weighted by Crippen LogP contribution is 2.19. The van der Waals surface area contributed by atoms with Crippen molar-refractivity contribution >= 4 is 11.6 Å². The van der Waals surface area contributed by atoms with Crippen LogP contribution in [0, 0.1) is 5.82 Å². The highest BCUT2D eigenvalue weighted by Gasteiger charge is 2.17. The van der Waals surface area contributed by atoms with E-state index in [1.807, 2.05) is 0 Å². The van der Waals surface area contributed by atoms with Crippen molar-refractivity contribution in [3.8, 4) is 0 Å². The maximum Gasteiger partial charge on any atom is 0.254 e. The lowest BCUT2D eigenvalue weighted by atomic mass is 10.1. The number of carbonyl (C=O) groups excluding carboxylic acids is 1. The number of methoxy groups -OCH3 is 2. The van der Waals surface area contributed by atoms with Gasteiger partial charge in [0, 0.05) is 53.6 Å². The van der Waals surface area contributed by atoms with Crippen molar-refractivity contribution in [3.63, 3.8) is 0 Å². The van der Waals surface area contributed by atoms with Gasteiger partial charge >= 0.3 is 0 Å². The van der Waals surface area contributed by atoms with Crippen LogP contribution in [0.15, 0.2) is 18.2 Å². The molecule has 0 aliphatic carbocycles. The summed E-state index contributed by atoms with van der Waals surface area (Å²) in [5.74, 6) is -0.600. The molecular formula is C16H25FN2O3. The highest BCUT2D eigenvalue weighted by atomic mass is 19.1. The molecule has 6 heteroatoms.